The summed E-state index contributed by atoms with van der Waals surface area (Å²) in [5, 5.41) is 0.815. The summed E-state index contributed by atoms with van der Waals surface area (Å²) in [6, 6.07) is 24.5. The molecule has 0 heterocycles. The van der Waals surface area contributed by atoms with Gasteiger partial charge in [0.2, 0.25) is 0 Å². The lowest BCUT2D eigenvalue weighted by Gasteiger charge is -2.08. The highest BCUT2D eigenvalue weighted by atomic mass is 127. The van der Waals surface area contributed by atoms with Gasteiger partial charge in [-0.15, -0.1) is 0 Å². The minimum absolute atomic E-state index is 0.586. The monoisotopic (exact) mass is 434 g/mol. The van der Waals surface area contributed by atoms with Crippen LogP contribution in [0.15, 0.2) is 72.8 Å². The normalized spacial score (nSPS) is 10.5. The van der Waals surface area contributed by atoms with Crippen LogP contribution in [0.1, 0.15) is 16.7 Å². The van der Waals surface area contributed by atoms with Gasteiger partial charge in [-0.2, -0.15) is 0 Å². The van der Waals surface area contributed by atoms with Crippen molar-refractivity contribution in [2.75, 3.05) is 0 Å². The molecular weight excluding hydrogens is 419 g/mol. The molecule has 0 unspecified atom stereocenters. The Morgan fingerprint density at radius 3 is 2.30 bits per heavy atom. The molecule has 0 aliphatic carbocycles. The fourth-order valence-corrected chi connectivity index (χ4v) is 3.08. The molecule has 0 fully saturated rings. The molecule has 1 nitrogen and oxygen atoms in total. The van der Waals surface area contributed by atoms with E-state index in [1.165, 1.54) is 14.7 Å². The highest BCUT2D eigenvalue weighted by Gasteiger charge is 2.03. The summed E-state index contributed by atoms with van der Waals surface area (Å²) in [4.78, 5) is 0. The van der Waals surface area contributed by atoms with E-state index >= 15 is 0 Å². The van der Waals surface area contributed by atoms with Crippen molar-refractivity contribution in [3.05, 3.63) is 98.1 Å². The van der Waals surface area contributed by atoms with Gasteiger partial charge in [0, 0.05) is 8.59 Å². The zero-order valence-electron chi connectivity index (χ0n) is 12.5. The lowest BCUT2D eigenvalue weighted by Crippen LogP contribution is -1.95. The summed E-state index contributed by atoms with van der Waals surface area (Å²) in [5.41, 5.74) is 3.54. The summed E-state index contributed by atoms with van der Waals surface area (Å²) in [6.45, 7) is 0.586. The molecule has 0 amide bonds. The first-order valence-corrected chi connectivity index (χ1v) is 8.86. The van der Waals surface area contributed by atoms with Crippen LogP contribution >= 0.6 is 34.2 Å². The van der Waals surface area contributed by atoms with Gasteiger partial charge in [0.05, 0.1) is 0 Å². The van der Waals surface area contributed by atoms with Crippen LogP contribution in [-0.2, 0) is 13.0 Å². The second kappa shape index (κ2) is 7.84. The van der Waals surface area contributed by atoms with E-state index in [0.29, 0.717) is 6.61 Å². The predicted molar refractivity (Wildman–Crippen MR) is 104 cm³/mol. The molecule has 0 saturated heterocycles. The zero-order chi connectivity index (χ0) is 16.1. The third kappa shape index (κ3) is 4.72. The van der Waals surface area contributed by atoms with Crippen LogP contribution in [-0.4, -0.2) is 0 Å². The predicted octanol–water partition coefficient (Wildman–Crippen LogP) is 6.11. The average Bonchev–Trinajstić information content (AvgIpc) is 2.58. The molecule has 23 heavy (non-hydrogen) atoms. The molecule has 0 atom stereocenters. The maximum absolute atomic E-state index is 6.27. The SMILES string of the molecule is Clc1ccc(I)cc1Cc1ccc(OCc2ccccc2)cc1. The van der Waals surface area contributed by atoms with Crippen LogP contribution in [0.5, 0.6) is 5.75 Å². The summed E-state index contributed by atoms with van der Waals surface area (Å²) in [6.07, 6.45) is 0.828. The second-order valence-corrected chi connectivity index (χ2v) is 6.98. The largest absolute Gasteiger partial charge is 0.489 e. The Morgan fingerprint density at radius 1 is 0.826 bits per heavy atom. The number of hydrogen-bond donors (Lipinski definition) is 0. The summed E-state index contributed by atoms with van der Waals surface area (Å²) < 4.78 is 7.01. The maximum atomic E-state index is 6.27. The van der Waals surface area contributed by atoms with Gasteiger partial charge in [0.15, 0.2) is 0 Å². The van der Waals surface area contributed by atoms with Crippen molar-refractivity contribution in [3.8, 4) is 5.75 Å². The number of benzene rings is 3. The van der Waals surface area contributed by atoms with E-state index in [1.54, 1.807) is 0 Å². The molecule has 116 valence electrons. The highest BCUT2D eigenvalue weighted by Crippen LogP contribution is 2.23. The summed E-state index contributed by atoms with van der Waals surface area (Å²) >= 11 is 8.57. The van der Waals surface area contributed by atoms with Crippen LogP contribution in [0, 0.1) is 3.57 Å². The fraction of sp³-hybridized carbons (Fsp3) is 0.100. The van der Waals surface area contributed by atoms with Gasteiger partial charge in [-0.3, -0.25) is 0 Å². The van der Waals surface area contributed by atoms with Crippen molar-refractivity contribution in [1.82, 2.24) is 0 Å². The second-order valence-electron chi connectivity index (χ2n) is 5.33. The van der Waals surface area contributed by atoms with Gasteiger partial charge >= 0.3 is 0 Å². The Bertz CT molecular complexity index is 769. The number of halogens is 2. The topological polar surface area (TPSA) is 9.23 Å². The Morgan fingerprint density at radius 2 is 1.57 bits per heavy atom. The first kappa shape index (κ1) is 16.3. The van der Waals surface area contributed by atoms with Crippen molar-refractivity contribution in [1.29, 1.82) is 0 Å². The lowest BCUT2D eigenvalue weighted by molar-refractivity contribution is 0.306. The summed E-state index contributed by atoms with van der Waals surface area (Å²) in [7, 11) is 0. The average molecular weight is 435 g/mol. The molecule has 0 aliphatic heterocycles. The minimum Gasteiger partial charge on any atom is -0.489 e. The molecule has 3 heteroatoms. The van der Waals surface area contributed by atoms with Crippen LogP contribution in [0.2, 0.25) is 5.02 Å². The molecule has 0 spiro atoms. The zero-order valence-corrected chi connectivity index (χ0v) is 15.4. The molecule has 0 radical (unpaired) electrons. The minimum atomic E-state index is 0.586. The van der Waals surface area contributed by atoms with Crippen molar-refractivity contribution >= 4 is 34.2 Å². The molecule has 3 aromatic carbocycles. The van der Waals surface area contributed by atoms with E-state index in [9.17, 15) is 0 Å². The molecule has 3 aromatic rings. The van der Waals surface area contributed by atoms with Crippen LogP contribution in [0.3, 0.4) is 0 Å². The van der Waals surface area contributed by atoms with Crippen LogP contribution in [0.25, 0.3) is 0 Å². The number of rotatable bonds is 5. The van der Waals surface area contributed by atoms with Gasteiger partial charge in [-0.05, 0) is 76.0 Å². The van der Waals surface area contributed by atoms with E-state index in [1.807, 2.05) is 42.5 Å². The van der Waals surface area contributed by atoms with Crippen molar-refractivity contribution in [2.24, 2.45) is 0 Å². The first-order chi connectivity index (χ1) is 11.2. The molecule has 0 aromatic heterocycles. The molecule has 3 rings (SSSR count). The van der Waals surface area contributed by atoms with Crippen LogP contribution in [0.4, 0.5) is 0 Å². The van der Waals surface area contributed by atoms with E-state index in [-0.39, 0.29) is 0 Å². The Hall–Kier alpha value is -1.52. The summed E-state index contributed by atoms with van der Waals surface area (Å²) in [5.74, 6) is 0.881. The maximum Gasteiger partial charge on any atom is 0.119 e. The van der Waals surface area contributed by atoms with E-state index < -0.39 is 0 Å². The van der Waals surface area contributed by atoms with Gasteiger partial charge in [-0.1, -0.05) is 54.1 Å². The van der Waals surface area contributed by atoms with Gasteiger partial charge < -0.3 is 4.74 Å². The van der Waals surface area contributed by atoms with E-state index in [4.69, 9.17) is 16.3 Å². The Kier molecular flexibility index (Phi) is 5.57. The van der Waals surface area contributed by atoms with E-state index in [2.05, 4.69) is 52.9 Å². The third-order valence-corrected chi connectivity index (χ3v) is 4.61. The Labute approximate surface area is 155 Å². The Balaban J connectivity index is 1.64. The highest BCUT2D eigenvalue weighted by molar-refractivity contribution is 14.1. The number of ether oxygens (including phenoxy) is 1. The molecule has 0 saturated carbocycles. The van der Waals surface area contributed by atoms with Crippen molar-refractivity contribution in [2.45, 2.75) is 13.0 Å². The lowest BCUT2D eigenvalue weighted by atomic mass is 10.1. The standard InChI is InChI=1S/C20H16ClIO/c21-20-11-8-18(22)13-17(20)12-15-6-9-19(10-7-15)23-14-16-4-2-1-3-5-16/h1-11,13H,12,14H2. The van der Waals surface area contributed by atoms with Crippen molar-refractivity contribution < 1.29 is 4.74 Å². The first-order valence-electron chi connectivity index (χ1n) is 7.40. The van der Waals surface area contributed by atoms with E-state index in [0.717, 1.165) is 22.8 Å². The van der Waals surface area contributed by atoms with Gasteiger partial charge in [-0.25, -0.2) is 0 Å². The molecule has 0 bridgehead atoms. The van der Waals surface area contributed by atoms with Crippen molar-refractivity contribution in [3.63, 3.8) is 0 Å². The number of hydrogen-bond acceptors (Lipinski definition) is 1. The van der Waals surface area contributed by atoms with Gasteiger partial charge in [0.25, 0.3) is 0 Å². The van der Waals surface area contributed by atoms with Crippen LogP contribution < -0.4 is 4.74 Å². The fourth-order valence-electron chi connectivity index (χ4n) is 2.34. The molecular formula is C20H16ClIO. The van der Waals surface area contributed by atoms with Gasteiger partial charge in [0.1, 0.15) is 12.4 Å². The molecule has 0 N–H and O–H groups in total. The smallest absolute Gasteiger partial charge is 0.119 e. The quantitative estimate of drug-likeness (QED) is 0.440. The third-order valence-electron chi connectivity index (χ3n) is 3.57. The molecule has 0 aliphatic rings.